The van der Waals surface area contributed by atoms with Gasteiger partial charge < -0.3 is 0 Å². The Morgan fingerprint density at radius 2 is 1.47 bits per heavy atom. The quantitative estimate of drug-likeness (QED) is 0.426. The van der Waals surface area contributed by atoms with Crippen molar-refractivity contribution in [3.63, 3.8) is 0 Å². The molecular weight excluding hydrogens is 382 g/mol. The van der Waals surface area contributed by atoms with Gasteiger partial charge in [-0.15, -0.1) is 0 Å². The highest BCUT2D eigenvalue weighted by atomic mass is 32.2. The number of allylic oxidation sites excluding steroid dienone is 4. The van der Waals surface area contributed by atoms with Crippen molar-refractivity contribution in [2.45, 2.75) is 37.0 Å². The summed E-state index contributed by atoms with van der Waals surface area (Å²) in [7, 11) is 0. The van der Waals surface area contributed by atoms with Gasteiger partial charge in [-0.3, -0.25) is 4.99 Å². The van der Waals surface area contributed by atoms with Crippen LogP contribution in [-0.4, -0.2) is 5.71 Å². The van der Waals surface area contributed by atoms with E-state index in [9.17, 15) is 0 Å². The zero-order chi connectivity index (χ0) is 20.5. The van der Waals surface area contributed by atoms with Crippen LogP contribution < -0.4 is 0 Å². The van der Waals surface area contributed by atoms with Gasteiger partial charge in [0.05, 0.1) is 11.4 Å². The highest BCUT2D eigenvalue weighted by Gasteiger charge is 2.25. The van der Waals surface area contributed by atoms with Crippen molar-refractivity contribution in [1.29, 1.82) is 0 Å². The van der Waals surface area contributed by atoms with Gasteiger partial charge in [0.1, 0.15) is 0 Å². The smallest absolute Gasteiger partial charge is 0.0811 e. The Labute approximate surface area is 183 Å². The van der Waals surface area contributed by atoms with Crippen molar-refractivity contribution in [2.75, 3.05) is 0 Å². The summed E-state index contributed by atoms with van der Waals surface area (Å²) in [6.45, 7) is 4.61. The number of hydrogen-bond acceptors (Lipinski definition) is 2. The summed E-state index contributed by atoms with van der Waals surface area (Å²) in [5, 5.41) is 0. The molecule has 0 bridgehead atoms. The van der Waals surface area contributed by atoms with E-state index in [1.807, 2.05) is 11.8 Å². The van der Waals surface area contributed by atoms with E-state index in [-0.39, 0.29) is 5.92 Å². The van der Waals surface area contributed by atoms with Crippen molar-refractivity contribution in [3.05, 3.63) is 118 Å². The lowest BCUT2D eigenvalue weighted by atomic mass is 9.86. The van der Waals surface area contributed by atoms with E-state index in [0.717, 1.165) is 12.1 Å². The van der Waals surface area contributed by atoms with Crippen LogP contribution in [-0.2, 0) is 0 Å². The molecule has 2 aliphatic rings. The van der Waals surface area contributed by atoms with E-state index in [1.165, 1.54) is 37.8 Å². The van der Waals surface area contributed by atoms with Crippen molar-refractivity contribution in [1.82, 2.24) is 0 Å². The number of hydrogen-bond donors (Lipinski definition) is 0. The first-order valence-electron chi connectivity index (χ1n) is 10.6. The second kappa shape index (κ2) is 8.12. The third-order valence-electron chi connectivity index (χ3n) is 6.14. The van der Waals surface area contributed by atoms with Gasteiger partial charge in [0.2, 0.25) is 0 Å². The molecule has 0 amide bonds. The fourth-order valence-electron chi connectivity index (χ4n) is 4.26. The number of rotatable bonds is 4. The minimum Gasteiger partial charge on any atom is -0.250 e. The fourth-order valence-corrected chi connectivity index (χ4v) is 5.35. The highest BCUT2D eigenvalue weighted by molar-refractivity contribution is 8.04. The van der Waals surface area contributed by atoms with Crippen molar-refractivity contribution >= 4 is 23.2 Å². The van der Waals surface area contributed by atoms with Gasteiger partial charge in [0.25, 0.3) is 0 Å². The Morgan fingerprint density at radius 1 is 0.800 bits per heavy atom. The van der Waals surface area contributed by atoms with Gasteiger partial charge in [0.15, 0.2) is 0 Å². The van der Waals surface area contributed by atoms with Crippen LogP contribution in [0, 0.1) is 0 Å². The van der Waals surface area contributed by atoms with Gasteiger partial charge in [-0.1, -0.05) is 104 Å². The molecule has 1 heterocycles. The predicted octanol–water partition coefficient (Wildman–Crippen LogP) is 8.01. The summed E-state index contributed by atoms with van der Waals surface area (Å²) >= 11 is 1.87. The summed E-state index contributed by atoms with van der Waals surface area (Å²) in [4.78, 5) is 7.72. The van der Waals surface area contributed by atoms with Crippen molar-refractivity contribution in [2.24, 2.45) is 4.99 Å². The molecular formula is C28H25NS. The molecule has 1 aliphatic carbocycles. The number of thioether (sulfide) groups is 1. The average Bonchev–Trinajstić information content (AvgIpc) is 2.82. The average molecular weight is 408 g/mol. The molecule has 1 aliphatic heterocycles. The zero-order valence-electron chi connectivity index (χ0n) is 17.4. The molecule has 2 atom stereocenters. The molecule has 0 radical (unpaired) electrons. The van der Waals surface area contributed by atoms with Crippen LogP contribution in [0.2, 0.25) is 0 Å². The molecule has 2 heteroatoms. The van der Waals surface area contributed by atoms with Crippen LogP contribution in [0.1, 0.15) is 54.4 Å². The van der Waals surface area contributed by atoms with Crippen LogP contribution in [0.5, 0.6) is 0 Å². The standard InChI is InChI=1S/C28H25NS/c1-19(21-11-5-3-6-12-21)23-17-24(20(2)22-13-7-4-8-14-22)28-27(18-23)30-26-16-10-9-15-25(26)29-28/h3-14,16-20H,15H2,1-2H3. The highest BCUT2D eigenvalue weighted by Crippen LogP contribution is 2.48. The maximum atomic E-state index is 5.16. The van der Waals surface area contributed by atoms with Crippen LogP contribution in [0.15, 0.2) is 106 Å². The second-order valence-electron chi connectivity index (χ2n) is 8.05. The van der Waals surface area contributed by atoms with E-state index in [0.29, 0.717) is 5.92 Å². The monoisotopic (exact) mass is 407 g/mol. The summed E-state index contributed by atoms with van der Waals surface area (Å²) in [5.74, 6) is 0.627. The lowest BCUT2D eigenvalue weighted by Crippen LogP contribution is -2.09. The molecule has 0 saturated carbocycles. The first-order valence-corrected chi connectivity index (χ1v) is 11.4. The van der Waals surface area contributed by atoms with Crippen LogP contribution in [0.4, 0.5) is 5.69 Å². The van der Waals surface area contributed by atoms with Crippen molar-refractivity contribution < 1.29 is 0 Å². The maximum absolute atomic E-state index is 5.16. The van der Waals surface area contributed by atoms with E-state index < -0.39 is 0 Å². The normalized spacial score (nSPS) is 16.7. The molecule has 3 aromatic carbocycles. The van der Waals surface area contributed by atoms with Gasteiger partial charge in [-0.25, -0.2) is 0 Å². The van der Waals surface area contributed by atoms with Crippen LogP contribution in [0.3, 0.4) is 0 Å². The molecule has 0 saturated heterocycles. The van der Waals surface area contributed by atoms with Gasteiger partial charge in [0, 0.05) is 28.1 Å². The Balaban J connectivity index is 1.66. The molecule has 148 valence electrons. The summed E-state index contributed by atoms with van der Waals surface area (Å²) < 4.78 is 0. The van der Waals surface area contributed by atoms with E-state index in [1.54, 1.807) is 0 Å². The first-order chi connectivity index (χ1) is 14.7. The van der Waals surface area contributed by atoms with Gasteiger partial charge in [-0.05, 0) is 34.4 Å². The summed E-state index contributed by atoms with van der Waals surface area (Å²) in [6, 6.07) is 26.3. The molecule has 0 aromatic heterocycles. The Kier molecular flexibility index (Phi) is 5.18. The fraction of sp³-hybridized carbons (Fsp3) is 0.179. The maximum Gasteiger partial charge on any atom is 0.0811 e. The number of fused-ring (bicyclic) bond motifs is 2. The van der Waals surface area contributed by atoms with E-state index in [4.69, 9.17) is 4.99 Å². The Hall–Kier alpha value is -2.84. The number of nitrogens with zero attached hydrogens (tertiary/aromatic N) is 1. The Bertz CT molecular complexity index is 1160. The number of benzene rings is 3. The molecule has 30 heavy (non-hydrogen) atoms. The molecule has 0 spiro atoms. The van der Waals surface area contributed by atoms with Gasteiger partial charge in [-0.2, -0.15) is 0 Å². The molecule has 5 rings (SSSR count). The zero-order valence-corrected chi connectivity index (χ0v) is 18.2. The van der Waals surface area contributed by atoms with Crippen molar-refractivity contribution in [3.8, 4) is 0 Å². The molecule has 3 aromatic rings. The molecule has 1 nitrogen and oxygen atoms in total. The lowest BCUT2D eigenvalue weighted by molar-refractivity contribution is 0.877. The van der Waals surface area contributed by atoms with E-state index >= 15 is 0 Å². The summed E-state index contributed by atoms with van der Waals surface area (Å²) in [5.41, 5.74) is 7.71. The third kappa shape index (κ3) is 3.57. The number of aliphatic imine (C=N–C) groups is 1. The second-order valence-corrected chi connectivity index (χ2v) is 9.13. The molecule has 2 unspecified atom stereocenters. The SMILES string of the molecule is CC(c1ccccc1)c1cc2c(c(C(C)c3ccccc3)c1)N=C1CC=CC=C1S2. The lowest BCUT2D eigenvalue weighted by Gasteiger charge is -2.26. The topological polar surface area (TPSA) is 12.4 Å². The minimum absolute atomic E-state index is 0.289. The largest absolute Gasteiger partial charge is 0.250 e. The van der Waals surface area contributed by atoms with Crippen LogP contribution in [0.25, 0.3) is 0 Å². The predicted molar refractivity (Wildman–Crippen MR) is 129 cm³/mol. The minimum atomic E-state index is 0.289. The first kappa shape index (κ1) is 19.1. The molecule has 0 fully saturated rings. The summed E-state index contributed by atoms with van der Waals surface area (Å²) in [6.07, 6.45) is 7.46. The van der Waals surface area contributed by atoms with Crippen LogP contribution >= 0.6 is 11.8 Å². The Morgan fingerprint density at radius 3 is 2.17 bits per heavy atom. The van der Waals surface area contributed by atoms with E-state index in [2.05, 4.69) is 105 Å². The third-order valence-corrected chi connectivity index (χ3v) is 7.26. The molecule has 0 N–H and O–H groups in total. The van der Waals surface area contributed by atoms with Gasteiger partial charge >= 0.3 is 0 Å².